The van der Waals surface area contributed by atoms with Crippen molar-refractivity contribution in [1.29, 1.82) is 0 Å². The standard InChI is InChI=1S/C13H32OSi3/c1-9-16(8)14-13(4,5)12-15(6,7)17(16,10-2)11-3/h9-12H2,1-8H3. The van der Waals surface area contributed by atoms with Crippen molar-refractivity contribution < 1.29 is 4.43 Å². The van der Waals surface area contributed by atoms with Crippen molar-refractivity contribution >= 4 is 22.5 Å². The molecule has 0 amide bonds. The molecule has 0 N–H and O–H groups in total. The van der Waals surface area contributed by atoms with Crippen LogP contribution in [0.3, 0.4) is 0 Å². The van der Waals surface area contributed by atoms with E-state index in [2.05, 4.69) is 54.3 Å². The van der Waals surface area contributed by atoms with Gasteiger partial charge in [-0.3, -0.25) is 0 Å². The first kappa shape index (κ1) is 15.7. The Morgan fingerprint density at radius 2 is 1.41 bits per heavy atom. The second-order valence-electron chi connectivity index (χ2n) is 7.30. The van der Waals surface area contributed by atoms with Crippen molar-refractivity contribution in [2.75, 3.05) is 0 Å². The molecule has 0 aromatic rings. The van der Waals surface area contributed by atoms with Gasteiger partial charge in [0.25, 0.3) is 0 Å². The highest BCUT2D eigenvalue weighted by Crippen LogP contribution is 2.48. The van der Waals surface area contributed by atoms with Gasteiger partial charge in [-0.1, -0.05) is 46.0 Å². The normalized spacial score (nSPS) is 34.6. The van der Waals surface area contributed by atoms with Crippen molar-refractivity contribution in [3.63, 3.8) is 0 Å². The minimum Gasteiger partial charge on any atom is -0.415 e. The lowest BCUT2D eigenvalue weighted by Gasteiger charge is -2.61. The van der Waals surface area contributed by atoms with Gasteiger partial charge in [0.05, 0.1) is 7.11 Å². The zero-order chi connectivity index (χ0) is 13.5. The molecule has 1 atom stereocenters. The smallest absolute Gasteiger partial charge is 0.175 e. The van der Waals surface area contributed by atoms with E-state index in [0.717, 1.165) is 0 Å². The first-order valence-electron chi connectivity index (χ1n) is 7.30. The Hall–Kier alpha value is 0.611. The summed E-state index contributed by atoms with van der Waals surface area (Å²) in [4.78, 5) is 0. The molecule has 1 aliphatic heterocycles. The Labute approximate surface area is 111 Å². The summed E-state index contributed by atoms with van der Waals surface area (Å²) in [7, 11) is -3.69. The second-order valence-corrected chi connectivity index (χ2v) is 32.8. The Morgan fingerprint density at radius 3 is 1.76 bits per heavy atom. The van der Waals surface area contributed by atoms with E-state index in [1.54, 1.807) is 0 Å². The molecule has 102 valence electrons. The van der Waals surface area contributed by atoms with Gasteiger partial charge in [0.2, 0.25) is 0 Å². The highest BCUT2D eigenvalue weighted by molar-refractivity contribution is 7.68. The lowest BCUT2D eigenvalue weighted by molar-refractivity contribution is 0.120. The van der Waals surface area contributed by atoms with E-state index in [9.17, 15) is 0 Å². The number of rotatable bonds is 3. The zero-order valence-corrected chi connectivity index (χ0v) is 16.2. The SMILES string of the molecule is CC[Si]1(C)OC(C)(C)C[Si](C)(C)[Si]1(CC)CC. The van der Waals surface area contributed by atoms with Crippen LogP contribution in [0.15, 0.2) is 0 Å². The van der Waals surface area contributed by atoms with Crippen LogP contribution in [0.25, 0.3) is 0 Å². The second kappa shape index (κ2) is 4.62. The van der Waals surface area contributed by atoms with Gasteiger partial charge < -0.3 is 4.43 Å². The lowest BCUT2D eigenvalue weighted by atomic mass is 10.2. The molecule has 1 aliphatic rings. The zero-order valence-electron chi connectivity index (χ0n) is 13.2. The Kier molecular flexibility index (Phi) is 4.25. The summed E-state index contributed by atoms with van der Waals surface area (Å²) in [6.07, 6.45) is 0. The molecule has 1 heterocycles. The molecule has 0 spiro atoms. The summed E-state index contributed by atoms with van der Waals surface area (Å²) in [5.41, 5.74) is 0.160. The van der Waals surface area contributed by atoms with Crippen LogP contribution in [0.5, 0.6) is 0 Å². The van der Waals surface area contributed by atoms with E-state index in [-0.39, 0.29) is 5.60 Å². The maximum atomic E-state index is 6.78. The quantitative estimate of drug-likeness (QED) is 0.681. The molecule has 1 rings (SSSR count). The summed E-state index contributed by atoms with van der Waals surface area (Å²) in [6, 6.07) is 5.65. The minimum absolute atomic E-state index is 0.160. The van der Waals surface area contributed by atoms with Crippen LogP contribution >= 0.6 is 0 Å². The van der Waals surface area contributed by atoms with E-state index in [4.69, 9.17) is 4.43 Å². The van der Waals surface area contributed by atoms with Gasteiger partial charge in [-0.05, 0) is 32.5 Å². The molecule has 0 aromatic carbocycles. The highest BCUT2D eigenvalue weighted by Gasteiger charge is 2.64. The van der Waals surface area contributed by atoms with E-state index < -0.39 is 22.5 Å². The molecule has 1 nitrogen and oxygen atoms in total. The van der Waals surface area contributed by atoms with Crippen molar-refractivity contribution in [3.8, 4) is 0 Å². The Bertz CT molecular complexity index is 284. The number of hydrogen-bond donors (Lipinski definition) is 0. The van der Waals surface area contributed by atoms with E-state index >= 15 is 0 Å². The van der Waals surface area contributed by atoms with Crippen LogP contribution in [-0.2, 0) is 4.43 Å². The third-order valence-corrected chi connectivity index (χ3v) is 47.5. The van der Waals surface area contributed by atoms with Crippen LogP contribution < -0.4 is 0 Å². The first-order chi connectivity index (χ1) is 7.60. The maximum Gasteiger partial charge on any atom is 0.175 e. The summed E-state index contributed by atoms with van der Waals surface area (Å²) in [5.74, 6) is 0. The fourth-order valence-corrected chi connectivity index (χ4v) is 51.4. The average Bonchev–Trinajstić information content (AvgIpc) is 2.15. The molecule has 17 heavy (non-hydrogen) atoms. The van der Waals surface area contributed by atoms with Crippen molar-refractivity contribution in [2.24, 2.45) is 0 Å². The summed E-state index contributed by atoms with van der Waals surface area (Å²) >= 11 is 0. The van der Waals surface area contributed by atoms with Gasteiger partial charge in [-0.25, -0.2) is 0 Å². The van der Waals surface area contributed by atoms with E-state index in [0.29, 0.717) is 0 Å². The maximum absolute atomic E-state index is 6.78. The van der Waals surface area contributed by atoms with Crippen molar-refractivity contribution in [3.05, 3.63) is 0 Å². The molecule has 0 radical (unpaired) electrons. The van der Waals surface area contributed by atoms with Crippen LogP contribution in [0.2, 0.25) is 43.8 Å². The Morgan fingerprint density at radius 1 is 0.941 bits per heavy atom. The predicted molar refractivity (Wildman–Crippen MR) is 86.3 cm³/mol. The highest BCUT2D eigenvalue weighted by atomic mass is 29.6. The van der Waals surface area contributed by atoms with Gasteiger partial charge in [0.15, 0.2) is 7.83 Å². The average molecular weight is 289 g/mol. The predicted octanol–water partition coefficient (Wildman–Crippen LogP) is 4.74. The molecular formula is C13H32OSi3. The van der Waals surface area contributed by atoms with Gasteiger partial charge >= 0.3 is 0 Å². The molecule has 1 fully saturated rings. The van der Waals surface area contributed by atoms with Gasteiger partial charge in [-0.15, -0.1) is 0 Å². The molecule has 0 bridgehead atoms. The van der Waals surface area contributed by atoms with Crippen LogP contribution in [0.1, 0.15) is 34.6 Å². The first-order valence-corrected chi connectivity index (χ1v) is 17.5. The molecule has 0 aromatic heterocycles. The van der Waals surface area contributed by atoms with E-state index in [1.165, 1.54) is 24.2 Å². The molecular weight excluding hydrogens is 256 g/mol. The van der Waals surface area contributed by atoms with Crippen molar-refractivity contribution in [2.45, 2.75) is 84.0 Å². The molecule has 0 aliphatic carbocycles. The van der Waals surface area contributed by atoms with Crippen LogP contribution in [-0.4, -0.2) is 28.1 Å². The Balaban J connectivity index is 3.33. The van der Waals surface area contributed by atoms with Gasteiger partial charge in [0, 0.05) is 13.2 Å². The summed E-state index contributed by atoms with van der Waals surface area (Å²) in [5, 5.41) is 0. The molecule has 4 heteroatoms. The third-order valence-electron chi connectivity index (χ3n) is 5.56. The van der Waals surface area contributed by atoms with E-state index in [1.807, 2.05) is 0 Å². The largest absolute Gasteiger partial charge is 0.415 e. The topological polar surface area (TPSA) is 9.23 Å². The monoisotopic (exact) mass is 288 g/mol. The summed E-state index contributed by atoms with van der Waals surface area (Å²) < 4.78 is 6.78. The fraction of sp³-hybridized carbons (Fsp3) is 1.00. The number of hydrogen-bond acceptors (Lipinski definition) is 1. The van der Waals surface area contributed by atoms with Gasteiger partial charge in [-0.2, -0.15) is 0 Å². The minimum atomic E-state index is -1.46. The molecule has 0 saturated carbocycles. The van der Waals surface area contributed by atoms with Crippen LogP contribution in [0, 0.1) is 0 Å². The lowest BCUT2D eigenvalue weighted by Crippen LogP contribution is -2.80. The van der Waals surface area contributed by atoms with Crippen molar-refractivity contribution in [1.82, 2.24) is 0 Å². The molecule has 1 unspecified atom stereocenters. The van der Waals surface area contributed by atoms with Crippen LogP contribution in [0.4, 0.5) is 0 Å². The third kappa shape index (κ3) is 2.26. The fourth-order valence-electron chi connectivity index (χ4n) is 5.06. The summed E-state index contributed by atoms with van der Waals surface area (Å²) in [6.45, 7) is 19.9. The molecule has 1 saturated heterocycles. The van der Waals surface area contributed by atoms with Gasteiger partial charge in [0.1, 0.15) is 0 Å².